The largest absolute Gasteiger partial charge is 0.507 e. The Bertz CT molecular complexity index is 1780. The lowest BCUT2D eigenvalue weighted by Crippen LogP contribution is -2.29. The van der Waals surface area contributed by atoms with E-state index in [1.54, 1.807) is 32.0 Å². The van der Waals surface area contributed by atoms with Crippen LogP contribution in [0.2, 0.25) is 0 Å². The number of Topliss-reactive ketones (excluding diaryl/α,β-unsaturated/α-hetero) is 1. The number of phenols is 1. The number of ketones is 1. The van der Waals surface area contributed by atoms with Crippen molar-refractivity contribution in [3.05, 3.63) is 105 Å². The highest BCUT2D eigenvalue weighted by Gasteiger charge is 2.48. The summed E-state index contributed by atoms with van der Waals surface area (Å²) in [4.78, 5) is 45.3. The predicted molar refractivity (Wildman–Crippen MR) is 164 cm³/mol. The van der Waals surface area contributed by atoms with Crippen LogP contribution in [0.25, 0.3) is 5.76 Å². The van der Waals surface area contributed by atoms with Gasteiger partial charge in [0.1, 0.15) is 23.0 Å². The topological polar surface area (TPSA) is 135 Å². The van der Waals surface area contributed by atoms with Crippen molar-refractivity contribution < 1.29 is 38.8 Å². The first-order valence-corrected chi connectivity index (χ1v) is 14.6. The summed E-state index contributed by atoms with van der Waals surface area (Å²) in [5.41, 5.74) is 2.50. The molecule has 0 radical (unpaired) electrons. The molecular weight excluding hydrogens is 584 g/mol. The number of thiazole rings is 1. The lowest BCUT2D eigenvalue weighted by molar-refractivity contribution is -0.132. The molecule has 1 aliphatic heterocycles. The standard InChI is InChI=1S/C33H30N2O8S/c1-5-42-25-16-21(11-13-23(25)36)27-26(29(38)31(39)35(27)33-34-19(3)30(44-33)32(40)41-4)28(37)22-12-14-24(18(2)15-22)43-17-20-9-7-6-8-10-20/h6-16,27,36-37H,5,17H2,1-4H3/t27-/m1/s1. The Hall–Kier alpha value is -5.16. The number of ether oxygens (including phenoxy) is 3. The molecule has 4 aromatic rings. The fourth-order valence-corrected chi connectivity index (χ4v) is 5.95. The molecule has 0 unspecified atom stereocenters. The summed E-state index contributed by atoms with van der Waals surface area (Å²) >= 11 is 0.895. The van der Waals surface area contributed by atoms with Gasteiger partial charge in [-0.05, 0) is 67.8 Å². The Labute approximate surface area is 257 Å². The highest BCUT2D eigenvalue weighted by atomic mass is 32.1. The highest BCUT2D eigenvalue weighted by molar-refractivity contribution is 7.17. The van der Waals surface area contributed by atoms with Crippen molar-refractivity contribution >= 4 is 39.9 Å². The number of carbonyl (C=O) groups is 3. The minimum Gasteiger partial charge on any atom is -0.507 e. The fraction of sp³-hybridized carbons (Fsp3) is 0.212. The van der Waals surface area contributed by atoms with Crippen LogP contribution in [0, 0.1) is 13.8 Å². The van der Waals surface area contributed by atoms with E-state index < -0.39 is 29.5 Å². The van der Waals surface area contributed by atoms with Gasteiger partial charge in [-0.3, -0.25) is 14.5 Å². The van der Waals surface area contributed by atoms with E-state index in [0.29, 0.717) is 34.7 Å². The van der Waals surface area contributed by atoms with Gasteiger partial charge in [0, 0.05) is 5.56 Å². The van der Waals surface area contributed by atoms with Crippen LogP contribution in [0.3, 0.4) is 0 Å². The molecule has 3 aromatic carbocycles. The smallest absolute Gasteiger partial charge is 0.350 e. The second-order valence-electron chi connectivity index (χ2n) is 9.99. The number of hydrogen-bond acceptors (Lipinski definition) is 10. The molecule has 1 saturated heterocycles. The molecule has 1 fully saturated rings. The van der Waals surface area contributed by atoms with E-state index in [9.17, 15) is 24.6 Å². The number of aliphatic hydroxyl groups excluding tert-OH is 1. The molecule has 2 N–H and O–H groups in total. The first-order valence-electron chi connectivity index (χ1n) is 13.7. The molecule has 10 nitrogen and oxygen atoms in total. The normalized spacial score (nSPS) is 15.8. The Morgan fingerprint density at radius 3 is 2.43 bits per heavy atom. The lowest BCUT2D eigenvalue weighted by atomic mass is 9.94. The number of anilines is 1. The van der Waals surface area contributed by atoms with Gasteiger partial charge >= 0.3 is 11.9 Å². The third-order valence-electron chi connectivity index (χ3n) is 7.09. The lowest BCUT2D eigenvalue weighted by Gasteiger charge is -2.23. The third kappa shape index (κ3) is 5.73. The maximum Gasteiger partial charge on any atom is 0.350 e. The molecular formula is C33H30N2O8S. The van der Waals surface area contributed by atoms with E-state index in [-0.39, 0.29) is 33.7 Å². The zero-order valence-electron chi connectivity index (χ0n) is 24.5. The number of methoxy groups -OCH3 is 1. The van der Waals surface area contributed by atoms with Crippen LogP contribution in [0.1, 0.15) is 50.6 Å². The second kappa shape index (κ2) is 12.6. The Morgan fingerprint density at radius 2 is 1.75 bits per heavy atom. The number of aromatic nitrogens is 1. The van der Waals surface area contributed by atoms with Crippen molar-refractivity contribution in [3.63, 3.8) is 0 Å². The van der Waals surface area contributed by atoms with Gasteiger partial charge in [-0.1, -0.05) is 47.7 Å². The molecule has 1 aromatic heterocycles. The van der Waals surface area contributed by atoms with Crippen LogP contribution in [-0.2, 0) is 20.9 Å². The summed E-state index contributed by atoms with van der Waals surface area (Å²) in [5.74, 6) is -2.31. The number of amides is 1. The maximum absolute atomic E-state index is 13.6. The summed E-state index contributed by atoms with van der Waals surface area (Å²) in [6.45, 7) is 5.76. The number of esters is 1. The van der Waals surface area contributed by atoms with Gasteiger partial charge in [-0.2, -0.15) is 0 Å². The average Bonchev–Trinajstić information content (AvgIpc) is 3.53. The van der Waals surface area contributed by atoms with Gasteiger partial charge in [0.2, 0.25) is 0 Å². The van der Waals surface area contributed by atoms with Crippen LogP contribution in [0.15, 0.2) is 72.3 Å². The van der Waals surface area contributed by atoms with Crippen LogP contribution >= 0.6 is 11.3 Å². The zero-order valence-corrected chi connectivity index (χ0v) is 25.3. The van der Waals surface area contributed by atoms with Gasteiger partial charge in [0.25, 0.3) is 5.78 Å². The first kappa shape index (κ1) is 30.3. The van der Waals surface area contributed by atoms with Gasteiger partial charge in [0.05, 0.1) is 31.0 Å². The third-order valence-corrected chi connectivity index (χ3v) is 8.23. The van der Waals surface area contributed by atoms with Crippen molar-refractivity contribution in [1.82, 2.24) is 4.98 Å². The maximum atomic E-state index is 13.6. The molecule has 0 bridgehead atoms. The summed E-state index contributed by atoms with van der Waals surface area (Å²) in [6, 6.07) is 17.9. The molecule has 1 atom stereocenters. The van der Waals surface area contributed by atoms with Crippen LogP contribution in [0.5, 0.6) is 17.2 Å². The Morgan fingerprint density at radius 1 is 1.00 bits per heavy atom. The summed E-state index contributed by atoms with van der Waals surface area (Å²) < 4.78 is 16.4. The molecule has 0 spiro atoms. The molecule has 0 saturated carbocycles. The number of rotatable bonds is 9. The van der Waals surface area contributed by atoms with E-state index in [2.05, 4.69) is 4.98 Å². The zero-order chi connectivity index (χ0) is 31.5. The second-order valence-corrected chi connectivity index (χ2v) is 11.0. The Balaban J connectivity index is 1.61. The minimum absolute atomic E-state index is 0.0703. The minimum atomic E-state index is -1.15. The molecule has 1 amide bonds. The van der Waals surface area contributed by atoms with Gasteiger partial charge in [0.15, 0.2) is 16.6 Å². The molecule has 226 valence electrons. The first-order chi connectivity index (χ1) is 21.1. The highest BCUT2D eigenvalue weighted by Crippen LogP contribution is 2.45. The van der Waals surface area contributed by atoms with E-state index in [0.717, 1.165) is 21.8 Å². The number of aromatic hydroxyl groups is 1. The van der Waals surface area contributed by atoms with E-state index in [1.807, 2.05) is 37.3 Å². The number of nitrogens with zero attached hydrogens (tertiary/aromatic N) is 2. The van der Waals surface area contributed by atoms with E-state index in [1.165, 1.54) is 25.3 Å². The van der Waals surface area contributed by atoms with Crippen molar-refractivity contribution in [2.75, 3.05) is 18.6 Å². The molecule has 2 heterocycles. The molecule has 11 heteroatoms. The SMILES string of the molecule is CCOc1cc([C@@H]2C(=C(O)c3ccc(OCc4ccccc4)c(C)c3)C(=O)C(=O)N2c2nc(C)c(C(=O)OC)s2)ccc1O. The van der Waals surface area contributed by atoms with Gasteiger partial charge in [-0.15, -0.1) is 0 Å². The summed E-state index contributed by atoms with van der Waals surface area (Å²) in [6.07, 6.45) is 0. The molecule has 1 aliphatic rings. The molecule has 44 heavy (non-hydrogen) atoms. The average molecular weight is 615 g/mol. The van der Waals surface area contributed by atoms with Gasteiger partial charge in [-0.25, -0.2) is 9.78 Å². The summed E-state index contributed by atoms with van der Waals surface area (Å²) in [5, 5.41) is 22.0. The summed E-state index contributed by atoms with van der Waals surface area (Å²) in [7, 11) is 1.24. The quantitative estimate of drug-likeness (QED) is 0.103. The van der Waals surface area contributed by atoms with Crippen LogP contribution in [0.4, 0.5) is 5.13 Å². The number of hydrogen-bond donors (Lipinski definition) is 2. The fourth-order valence-electron chi connectivity index (χ4n) is 4.93. The monoisotopic (exact) mass is 614 g/mol. The van der Waals surface area contributed by atoms with E-state index >= 15 is 0 Å². The van der Waals surface area contributed by atoms with Gasteiger partial charge < -0.3 is 24.4 Å². The number of carbonyl (C=O) groups excluding carboxylic acids is 3. The van der Waals surface area contributed by atoms with Crippen molar-refractivity contribution in [3.8, 4) is 17.2 Å². The molecule has 5 rings (SSSR count). The van der Waals surface area contributed by atoms with E-state index in [4.69, 9.17) is 14.2 Å². The van der Waals surface area contributed by atoms with Crippen molar-refractivity contribution in [2.24, 2.45) is 0 Å². The Kier molecular flexibility index (Phi) is 8.68. The number of aryl methyl sites for hydroxylation is 2. The number of aliphatic hydroxyl groups is 1. The van der Waals surface area contributed by atoms with Crippen LogP contribution < -0.4 is 14.4 Å². The van der Waals surface area contributed by atoms with Crippen molar-refractivity contribution in [2.45, 2.75) is 33.4 Å². The van der Waals surface area contributed by atoms with Crippen molar-refractivity contribution in [1.29, 1.82) is 0 Å². The molecule has 0 aliphatic carbocycles. The number of benzene rings is 3. The predicted octanol–water partition coefficient (Wildman–Crippen LogP) is 5.86. The van der Waals surface area contributed by atoms with Crippen LogP contribution in [-0.4, -0.2) is 46.6 Å². The number of phenolic OH excluding ortho intramolecular Hbond substituents is 1.